The van der Waals surface area contributed by atoms with Gasteiger partial charge in [-0.1, -0.05) is 18.2 Å². The van der Waals surface area contributed by atoms with E-state index in [4.69, 9.17) is 4.74 Å². The Morgan fingerprint density at radius 3 is 2.90 bits per heavy atom. The van der Waals surface area contributed by atoms with Crippen LogP contribution in [0.5, 0.6) is 5.75 Å². The zero-order valence-electron chi connectivity index (χ0n) is 16.6. The number of nitrogens with one attached hydrogen (secondary N) is 2. The second kappa shape index (κ2) is 8.30. The van der Waals surface area contributed by atoms with E-state index in [0.29, 0.717) is 31.1 Å². The number of amides is 1. The van der Waals surface area contributed by atoms with Gasteiger partial charge in [-0.15, -0.1) is 0 Å². The highest BCUT2D eigenvalue weighted by Crippen LogP contribution is 2.26. The van der Waals surface area contributed by atoms with Crippen molar-refractivity contribution in [3.63, 3.8) is 0 Å². The van der Waals surface area contributed by atoms with Crippen LogP contribution in [0, 0.1) is 13.8 Å². The van der Waals surface area contributed by atoms with Crippen molar-refractivity contribution in [2.24, 2.45) is 0 Å². The zero-order valence-corrected chi connectivity index (χ0v) is 16.6. The summed E-state index contributed by atoms with van der Waals surface area (Å²) >= 11 is 0. The number of anilines is 1. The molecule has 0 saturated heterocycles. The number of para-hydroxylation sites is 1. The van der Waals surface area contributed by atoms with E-state index in [2.05, 4.69) is 25.7 Å². The van der Waals surface area contributed by atoms with Crippen LogP contribution in [0.4, 0.5) is 5.82 Å². The van der Waals surface area contributed by atoms with E-state index >= 15 is 0 Å². The molecule has 3 heterocycles. The largest absolute Gasteiger partial charge is 0.480 e. The van der Waals surface area contributed by atoms with Crippen LogP contribution in [0.15, 0.2) is 42.7 Å². The molecule has 0 unspecified atom stereocenters. The molecule has 1 aromatic carbocycles. The van der Waals surface area contributed by atoms with Crippen LogP contribution in [-0.4, -0.2) is 44.8 Å². The number of carbonyl (C=O) groups is 1. The van der Waals surface area contributed by atoms with Crippen molar-refractivity contribution >= 4 is 11.7 Å². The lowest BCUT2D eigenvalue weighted by Crippen LogP contribution is -2.42. The summed E-state index contributed by atoms with van der Waals surface area (Å²) in [6, 6.07) is 11.7. The Balaban J connectivity index is 1.27. The average molecular weight is 392 g/mol. The normalized spacial score (nSPS) is 15.3. The van der Waals surface area contributed by atoms with Gasteiger partial charge in [-0.2, -0.15) is 5.10 Å². The lowest BCUT2D eigenvalue weighted by Gasteiger charge is -2.25. The summed E-state index contributed by atoms with van der Waals surface area (Å²) in [5.41, 5.74) is 3.10. The molecule has 29 heavy (non-hydrogen) atoms. The Labute approximate surface area is 169 Å². The number of aryl methyl sites for hydroxylation is 3. The monoisotopic (exact) mass is 392 g/mol. The fraction of sp³-hybridized carbons (Fsp3) is 0.333. The first-order chi connectivity index (χ1) is 14.1. The van der Waals surface area contributed by atoms with Crippen LogP contribution in [0.3, 0.4) is 0 Å². The van der Waals surface area contributed by atoms with Crippen LogP contribution < -0.4 is 15.4 Å². The van der Waals surface area contributed by atoms with E-state index in [-0.39, 0.29) is 5.91 Å². The maximum Gasteiger partial charge on any atom is 0.261 e. The SMILES string of the molecule is Cc1cc(C)n(-c2cc(NCCNC(=O)[C@@H]3CCc4ccccc4O3)ncn2)n1. The lowest BCUT2D eigenvalue weighted by atomic mass is 10.0. The van der Waals surface area contributed by atoms with Gasteiger partial charge in [-0.3, -0.25) is 4.79 Å². The Morgan fingerprint density at radius 1 is 1.21 bits per heavy atom. The third-order valence-electron chi connectivity index (χ3n) is 4.82. The van der Waals surface area contributed by atoms with Gasteiger partial charge in [-0.25, -0.2) is 14.6 Å². The molecule has 0 fully saturated rings. The minimum absolute atomic E-state index is 0.0904. The first-order valence-electron chi connectivity index (χ1n) is 9.72. The highest BCUT2D eigenvalue weighted by atomic mass is 16.5. The summed E-state index contributed by atoms with van der Waals surface area (Å²) in [4.78, 5) is 20.9. The highest BCUT2D eigenvalue weighted by molar-refractivity contribution is 5.81. The van der Waals surface area contributed by atoms with Gasteiger partial charge >= 0.3 is 0 Å². The Bertz CT molecular complexity index is 1020. The van der Waals surface area contributed by atoms with Gasteiger partial charge in [0, 0.05) is 24.8 Å². The number of hydrogen-bond donors (Lipinski definition) is 2. The fourth-order valence-electron chi connectivity index (χ4n) is 3.42. The maximum absolute atomic E-state index is 12.4. The fourth-order valence-corrected chi connectivity index (χ4v) is 3.42. The van der Waals surface area contributed by atoms with Crippen LogP contribution in [0.2, 0.25) is 0 Å². The van der Waals surface area contributed by atoms with Crippen LogP contribution in [-0.2, 0) is 11.2 Å². The molecule has 0 spiro atoms. The van der Waals surface area contributed by atoms with Gasteiger partial charge < -0.3 is 15.4 Å². The standard InChI is InChI=1S/C21H24N6O2/c1-14-11-15(2)27(26-14)20-12-19(24-13-25-20)22-9-10-23-21(28)18-8-7-16-5-3-4-6-17(16)29-18/h3-6,11-13,18H,7-10H2,1-2H3,(H,23,28)(H,22,24,25)/t18-/m0/s1. The third-order valence-corrected chi connectivity index (χ3v) is 4.82. The molecule has 8 nitrogen and oxygen atoms in total. The van der Waals surface area contributed by atoms with E-state index in [9.17, 15) is 4.79 Å². The maximum atomic E-state index is 12.4. The molecule has 2 N–H and O–H groups in total. The Hall–Kier alpha value is -3.42. The first-order valence-corrected chi connectivity index (χ1v) is 9.72. The number of rotatable bonds is 6. The van der Waals surface area contributed by atoms with Gasteiger partial charge in [0.15, 0.2) is 11.9 Å². The summed E-state index contributed by atoms with van der Waals surface area (Å²) in [7, 11) is 0. The van der Waals surface area contributed by atoms with E-state index < -0.39 is 6.10 Å². The van der Waals surface area contributed by atoms with Crippen molar-refractivity contribution in [3.8, 4) is 11.6 Å². The molecular weight excluding hydrogens is 368 g/mol. The Kier molecular flexibility index (Phi) is 5.41. The van der Waals surface area contributed by atoms with Crippen molar-refractivity contribution in [2.75, 3.05) is 18.4 Å². The zero-order chi connectivity index (χ0) is 20.2. The number of hydrogen-bond acceptors (Lipinski definition) is 6. The van der Waals surface area contributed by atoms with Gasteiger partial charge in [0.25, 0.3) is 5.91 Å². The smallest absolute Gasteiger partial charge is 0.261 e. The summed E-state index contributed by atoms with van der Waals surface area (Å²) < 4.78 is 7.60. The molecule has 1 amide bonds. The molecule has 0 aliphatic carbocycles. The van der Waals surface area contributed by atoms with E-state index in [1.165, 1.54) is 6.33 Å². The minimum atomic E-state index is -0.443. The predicted molar refractivity (Wildman–Crippen MR) is 109 cm³/mol. The van der Waals surface area contributed by atoms with Gasteiger partial charge in [0.1, 0.15) is 17.9 Å². The number of nitrogens with zero attached hydrogens (tertiary/aromatic N) is 4. The molecule has 0 radical (unpaired) electrons. The summed E-state index contributed by atoms with van der Waals surface area (Å²) in [6.45, 7) is 4.94. The van der Waals surface area contributed by atoms with Gasteiger partial charge in [0.2, 0.25) is 0 Å². The van der Waals surface area contributed by atoms with Crippen LogP contribution in [0.1, 0.15) is 23.4 Å². The molecule has 0 saturated carbocycles. The van der Waals surface area contributed by atoms with Gasteiger partial charge in [0.05, 0.1) is 5.69 Å². The first kappa shape index (κ1) is 18.9. The summed E-state index contributed by atoms with van der Waals surface area (Å²) in [5.74, 6) is 2.09. The number of carbonyl (C=O) groups excluding carboxylic acids is 1. The Morgan fingerprint density at radius 2 is 2.07 bits per heavy atom. The molecule has 1 aliphatic rings. The lowest BCUT2D eigenvalue weighted by molar-refractivity contribution is -0.128. The van der Waals surface area contributed by atoms with Crippen molar-refractivity contribution in [1.29, 1.82) is 0 Å². The number of aromatic nitrogens is 4. The van der Waals surface area contributed by atoms with E-state index in [1.807, 2.05) is 50.2 Å². The molecule has 0 bridgehead atoms. The number of fused-ring (bicyclic) bond motifs is 1. The van der Waals surface area contributed by atoms with Crippen LogP contribution >= 0.6 is 0 Å². The summed E-state index contributed by atoms with van der Waals surface area (Å²) in [6.07, 6.45) is 2.60. The molecule has 3 aromatic rings. The predicted octanol–water partition coefficient (Wildman–Crippen LogP) is 2.20. The third kappa shape index (κ3) is 4.37. The van der Waals surface area contributed by atoms with Crippen molar-refractivity contribution in [2.45, 2.75) is 32.8 Å². The molecule has 8 heteroatoms. The van der Waals surface area contributed by atoms with Crippen LogP contribution in [0.25, 0.3) is 5.82 Å². The summed E-state index contributed by atoms with van der Waals surface area (Å²) in [5, 5.41) is 10.6. The quantitative estimate of drug-likeness (QED) is 0.625. The second-order valence-electron chi connectivity index (χ2n) is 7.07. The van der Waals surface area contributed by atoms with Crippen molar-refractivity contribution in [1.82, 2.24) is 25.1 Å². The molecule has 1 aliphatic heterocycles. The van der Waals surface area contributed by atoms with Crippen molar-refractivity contribution in [3.05, 3.63) is 59.7 Å². The topological polar surface area (TPSA) is 94.0 Å². The van der Waals surface area contributed by atoms with E-state index in [0.717, 1.165) is 29.1 Å². The molecule has 4 rings (SSSR count). The van der Waals surface area contributed by atoms with E-state index in [1.54, 1.807) is 4.68 Å². The molecule has 2 aromatic heterocycles. The second-order valence-corrected chi connectivity index (χ2v) is 7.07. The van der Waals surface area contributed by atoms with Gasteiger partial charge in [-0.05, 0) is 44.4 Å². The molecule has 150 valence electrons. The molecular formula is C21H24N6O2. The minimum Gasteiger partial charge on any atom is -0.480 e. The number of benzene rings is 1. The molecule has 1 atom stereocenters. The number of ether oxygens (including phenoxy) is 1. The van der Waals surface area contributed by atoms with Crippen molar-refractivity contribution < 1.29 is 9.53 Å². The average Bonchev–Trinajstić information content (AvgIpc) is 3.09. The highest BCUT2D eigenvalue weighted by Gasteiger charge is 2.25.